The summed E-state index contributed by atoms with van der Waals surface area (Å²) in [6.07, 6.45) is 5.21. The van der Waals surface area contributed by atoms with Crippen LogP contribution in [0.15, 0.2) is 30.3 Å². The number of para-hydroxylation sites is 1. The molecule has 0 spiro atoms. The Morgan fingerprint density at radius 2 is 2.00 bits per heavy atom. The van der Waals surface area contributed by atoms with Gasteiger partial charge in [-0.15, -0.1) is 0 Å². The van der Waals surface area contributed by atoms with Crippen molar-refractivity contribution in [2.24, 2.45) is 0 Å². The standard InChI is InChI=1S/C16H25NO/c1-5-9-14-10-7-8-11-15(14)18-13-12-17-16(3,4)6-2/h5,7-11,17H,6,12-13H2,1-4H3/b9-5+. The first-order valence-corrected chi connectivity index (χ1v) is 6.68. The monoisotopic (exact) mass is 247 g/mol. The fourth-order valence-electron chi connectivity index (χ4n) is 1.60. The molecule has 18 heavy (non-hydrogen) atoms. The first kappa shape index (κ1) is 14.8. The van der Waals surface area contributed by atoms with Crippen LogP contribution in [-0.2, 0) is 0 Å². The number of hydrogen-bond donors (Lipinski definition) is 1. The summed E-state index contributed by atoms with van der Waals surface area (Å²) in [6.45, 7) is 10.2. The maximum absolute atomic E-state index is 5.82. The van der Waals surface area contributed by atoms with Crippen LogP contribution >= 0.6 is 0 Å². The van der Waals surface area contributed by atoms with Crippen molar-refractivity contribution in [1.29, 1.82) is 0 Å². The summed E-state index contributed by atoms with van der Waals surface area (Å²) >= 11 is 0. The second-order valence-corrected chi connectivity index (χ2v) is 5.05. The molecule has 0 bridgehead atoms. The Labute approximate surface area is 111 Å². The van der Waals surface area contributed by atoms with Crippen LogP contribution in [0.1, 0.15) is 39.7 Å². The highest BCUT2D eigenvalue weighted by Crippen LogP contribution is 2.19. The van der Waals surface area contributed by atoms with Crippen LogP contribution in [-0.4, -0.2) is 18.7 Å². The molecule has 2 nitrogen and oxygen atoms in total. The smallest absolute Gasteiger partial charge is 0.126 e. The summed E-state index contributed by atoms with van der Waals surface area (Å²) in [5, 5.41) is 3.49. The Morgan fingerprint density at radius 1 is 1.28 bits per heavy atom. The van der Waals surface area contributed by atoms with Gasteiger partial charge in [-0.3, -0.25) is 0 Å². The molecule has 0 atom stereocenters. The summed E-state index contributed by atoms with van der Waals surface area (Å²) in [4.78, 5) is 0. The fourth-order valence-corrected chi connectivity index (χ4v) is 1.60. The zero-order valence-electron chi connectivity index (χ0n) is 12.0. The summed E-state index contributed by atoms with van der Waals surface area (Å²) in [6, 6.07) is 8.12. The van der Waals surface area contributed by atoms with E-state index in [0.29, 0.717) is 6.61 Å². The predicted molar refractivity (Wildman–Crippen MR) is 79.0 cm³/mol. The normalized spacial score (nSPS) is 12.0. The minimum absolute atomic E-state index is 0.187. The molecule has 0 heterocycles. The third-order valence-electron chi connectivity index (χ3n) is 3.11. The third-order valence-corrected chi connectivity index (χ3v) is 3.11. The van der Waals surface area contributed by atoms with E-state index in [1.54, 1.807) is 0 Å². The van der Waals surface area contributed by atoms with E-state index >= 15 is 0 Å². The first-order valence-electron chi connectivity index (χ1n) is 6.68. The van der Waals surface area contributed by atoms with Gasteiger partial charge in [0.1, 0.15) is 12.4 Å². The predicted octanol–water partition coefficient (Wildman–Crippen LogP) is 3.88. The summed E-state index contributed by atoms with van der Waals surface area (Å²) in [7, 11) is 0. The van der Waals surface area contributed by atoms with Gasteiger partial charge < -0.3 is 10.1 Å². The summed E-state index contributed by atoms with van der Waals surface area (Å²) in [5.74, 6) is 0.951. The molecule has 1 aromatic rings. The highest BCUT2D eigenvalue weighted by Gasteiger charge is 2.12. The molecule has 0 fully saturated rings. The molecule has 0 aliphatic rings. The molecule has 0 aliphatic carbocycles. The maximum atomic E-state index is 5.82. The van der Waals surface area contributed by atoms with Crippen molar-refractivity contribution in [3.05, 3.63) is 35.9 Å². The molecule has 0 aliphatic heterocycles. The summed E-state index contributed by atoms with van der Waals surface area (Å²) in [5.41, 5.74) is 1.32. The van der Waals surface area contributed by atoms with Gasteiger partial charge in [-0.05, 0) is 33.3 Å². The van der Waals surface area contributed by atoms with Crippen LogP contribution in [0.3, 0.4) is 0 Å². The van der Waals surface area contributed by atoms with Crippen molar-refractivity contribution >= 4 is 6.08 Å². The van der Waals surface area contributed by atoms with E-state index in [2.05, 4.69) is 38.2 Å². The molecule has 0 aromatic heterocycles. The van der Waals surface area contributed by atoms with E-state index in [4.69, 9.17) is 4.74 Å². The highest BCUT2D eigenvalue weighted by molar-refractivity contribution is 5.56. The molecule has 1 N–H and O–H groups in total. The van der Waals surface area contributed by atoms with Gasteiger partial charge in [0.25, 0.3) is 0 Å². The van der Waals surface area contributed by atoms with E-state index in [9.17, 15) is 0 Å². The van der Waals surface area contributed by atoms with Gasteiger partial charge in [0.2, 0.25) is 0 Å². The van der Waals surface area contributed by atoms with Crippen molar-refractivity contribution in [3.63, 3.8) is 0 Å². The molecule has 1 rings (SSSR count). The zero-order valence-corrected chi connectivity index (χ0v) is 12.0. The Balaban J connectivity index is 2.44. The van der Waals surface area contributed by atoms with Gasteiger partial charge in [-0.25, -0.2) is 0 Å². The maximum Gasteiger partial charge on any atom is 0.126 e. The second kappa shape index (κ2) is 7.22. The lowest BCUT2D eigenvalue weighted by molar-refractivity contribution is 0.280. The lowest BCUT2D eigenvalue weighted by Crippen LogP contribution is -2.40. The van der Waals surface area contributed by atoms with E-state index < -0.39 is 0 Å². The van der Waals surface area contributed by atoms with E-state index in [1.165, 1.54) is 0 Å². The Kier molecular flexibility index (Phi) is 5.93. The van der Waals surface area contributed by atoms with Gasteiger partial charge >= 0.3 is 0 Å². The fraction of sp³-hybridized carbons (Fsp3) is 0.500. The Bertz CT molecular complexity index is 382. The number of ether oxygens (including phenoxy) is 1. The molecule has 0 saturated heterocycles. The van der Waals surface area contributed by atoms with Crippen molar-refractivity contribution in [2.45, 2.75) is 39.7 Å². The largest absolute Gasteiger partial charge is 0.492 e. The topological polar surface area (TPSA) is 21.3 Å². The van der Waals surface area contributed by atoms with Crippen LogP contribution in [0.5, 0.6) is 5.75 Å². The molecule has 2 heteroatoms. The van der Waals surface area contributed by atoms with Crippen LogP contribution < -0.4 is 10.1 Å². The second-order valence-electron chi connectivity index (χ2n) is 5.05. The van der Waals surface area contributed by atoms with Gasteiger partial charge in [0.15, 0.2) is 0 Å². The van der Waals surface area contributed by atoms with Crippen LogP contribution in [0.4, 0.5) is 0 Å². The number of hydrogen-bond acceptors (Lipinski definition) is 2. The number of rotatable bonds is 7. The van der Waals surface area contributed by atoms with Crippen LogP contribution in [0, 0.1) is 0 Å². The Morgan fingerprint density at radius 3 is 2.67 bits per heavy atom. The van der Waals surface area contributed by atoms with Crippen molar-refractivity contribution in [2.75, 3.05) is 13.2 Å². The first-order chi connectivity index (χ1) is 8.59. The van der Waals surface area contributed by atoms with E-state index in [-0.39, 0.29) is 5.54 Å². The van der Waals surface area contributed by atoms with Crippen LogP contribution in [0.25, 0.3) is 6.08 Å². The molecule has 1 aromatic carbocycles. The molecular weight excluding hydrogens is 222 g/mol. The van der Waals surface area contributed by atoms with E-state index in [0.717, 1.165) is 24.3 Å². The molecule has 100 valence electrons. The van der Waals surface area contributed by atoms with Gasteiger partial charge in [0.05, 0.1) is 0 Å². The SMILES string of the molecule is C/C=C/c1ccccc1OCCNC(C)(C)CC. The van der Waals surface area contributed by atoms with Crippen molar-refractivity contribution in [3.8, 4) is 5.75 Å². The molecule has 0 saturated carbocycles. The van der Waals surface area contributed by atoms with Gasteiger partial charge in [0, 0.05) is 17.6 Å². The van der Waals surface area contributed by atoms with Crippen molar-refractivity contribution < 1.29 is 4.74 Å². The lowest BCUT2D eigenvalue weighted by atomic mass is 10.0. The van der Waals surface area contributed by atoms with Gasteiger partial charge in [-0.2, -0.15) is 0 Å². The number of allylic oxidation sites excluding steroid dienone is 1. The number of benzene rings is 1. The van der Waals surface area contributed by atoms with E-state index in [1.807, 2.05) is 31.2 Å². The van der Waals surface area contributed by atoms with Crippen LogP contribution in [0.2, 0.25) is 0 Å². The Hall–Kier alpha value is -1.28. The molecule has 0 amide bonds. The molecular formula is C16H25NO. The minimum Gasteiger partial charge on any atom is -0.492 e. The summed E-state index contributed by atoms with van der Waals surface area (Å²) < 4.78 is 5.82. The van der Waals surface area contributed by atoms with Crippen molar-refractivity contribution in [1.82, 2.24) is 5.32 Å². The minimum atomic E-state index is 0.187. The number of nitrogens with one attached hydrogen (secondary N) is 1. The molecule has 0 unspecified atom stereocenters. The average Bonchev–Trinajstić information content (AvgIpc) is 2.37. The quantitative estimate of drug-likeness (QED) is 0.738. The van der Waals surface area contributed by atoms with Gasteiger partial charge in [-0.1, -0.05) is 37.3 Å². The lowest BCUT2D eigenvalue weighted by Gasteiger charge is -2.24. The zero-order chi connectivity index (χ0) is 13.4. The third kappa shape index (κ3) is 4.92. The highest BCUT2D eigenvalue weighted by atomic mass is 16.5. The average molecular weight is 247 g/mol. The molecule has 0 radical (unpaired) electrons.